The number of rotatable bonds is 2. The number of imidazole rings is 1. The largest absolute Gasteiger partial charge is 0.398 e. The highest BCUT2D eigenvalue weighted by atomic mass is 32.1. The van der Waals surface area contributed by atoms with E-state index in [1.807, 2.05) is 10.8 Å². The van der Waals surface area contributed by atoms with Gasteiger partial charge in [-0.25, -0.2) is 4.98 Å². The van der Waals surface area contributed by atoms with Crippen LogP contribution in [0.3, 0.4) is 0 Å². The van der Waals surface area contributed by atoms with Gasteiger partial charge in [0.25, 0.3) is 0 Å². The molecule has 0 saturated heterocycles. The van der Waals surface area contributed by atoms with Crippen LogP contribution >= 0.6 is 11.3 Å². The Hall–Kier alpha value is -2.66. The van der Waals surface area contributed by atoms with E-state index in [-0.39, 0.29) is 0 Å². The van der Waals surface area contributed by atoms with Crippen LogP contribution in [0.4, 0.5) is 5.69 Å². The van der Waals surface area contributed by atoms with Gasteiger partial charge in [0, 0.05) is 34.0 Å². The molecule has 0 amide bonds. The molecule has 0 atom stereocenters. The van der Waals surface area contributed by atoms with E-state index >= 15 is 0 Å². The monoisotopic (exact) mass is 292 g/mol. The molecule has 102 valence electrons. The second kappa shape index (κ2) is 4.71. The van der Waals surface area contributed by atoms with Gasteiger partial charge in [-0.2, -0.15) is 0 Å². The number of benzene rings is 1. The molecule has 3 heterocycles. The van der Waals surface area contributed by atoms with Gasteiger partial charge < -0.3 is 5.73 Å². The fourth-order valence-corrected chi connectivity index (χ4v) is 3.19. The van der Waals surface area contributed by atoms with Gasteiger partial charge >= 0.3 is 0 Å². The lowest BCUT2D eigenvalue weighted by Gasteiger charge is -2.10. The normalized spacial score (nSPS) is 11.0. The Bertz CT molecular complexity index is 923. The van der Waals surface area contributed by atoms with Crippen molar-refractivity contribution >= 4 is 27.1 Å². The number of anilines is 1. The summed E-state index contributed by atoms with van der Waals surface area (Å²) in [6.07, 6.45) is 7.07. The predicted molar refractivity (Wildman–Crippen MR) is 86.6 cm³/mol. The third-order valence-corrected chi connectivity index (χ3v) is 4.38. The summed E-state index contributed by atoms with van der Waals surface area (Å²) in [6.45, 7) is 0. The Labute approximate surface area is 125 Å². The van der Waals surface area contributed by atoms with Crippen LogP contribution in [0.2, 0.25) is 0 Å². The molecule has 1 aromatic carbocycles. The second-order valence-corrected chi connectivity index (χ2v) is 5.70. The van der Waals surface area contributed by atoms with Crippen LogP contribution in [0.15, 0.2) is 60.6 Å². The summed E-state index contributed by atoms with van der Waals surface area (Å²) in [7, 11) is 0. The number of pyridine rings is 1. The van der Waals surface area contributed by atoms with Crippen LogP contribution in [-0.4, -0.2) is 14.5 Å². The summed E-state index contributed by atoms with van der Waals surface area (Å²) in [5.74, 6) is 0. The molecule has 0 aliphatic carbocycles. The van der Waals surface area contributed by atoms with Gasteiger partial charge in [0.05, 0.1) is 18.2 Å². The van der Waals surface area contributed by atoms with E-state index in [0.29, 0.717) is 5.69 Å². The minimum atomic E-state index is 0.698. The SMILES string of the molecule is Nc1ccncc1-c1cncn1-c1ccc2sccc2c1. The van der Waals surface area contributed by atoms with Crippen molar-refractivity contribution in [2.24, 2.45) is 0 Å². The molecular weight excluding hydrogens is 280 g/mol. The number of hydrogen-bond donors (Lipinski definition) is 1. The molecule has 0 unspecified atom stereocenters. The van der Waals surface area contributed by atoms with Crippen molar-refractivity contribution in [3.8, 4) is 16.9 Å². The lowest BCUT2D eigenvalue weighted by molar-refractivity contribution is 1.06. The molecule has 5 heteroatoms. The third-order valence-electron chi connectivity index (χ3n) is 3.48. The summed E-state index contributed by atoms with van der Waals surface area (Å²) in [5, 5.41) is 3.33. The molecule has 0 aliphatic heterocycles. The summed E-state index contributed by atoms with van der Waals surface area (Å²) in [6, 6.07) is 10.3. The molecule has 3 aromatic heterocycles. The molecule has 4 nitrogen and oxygen atoms in total. The van der Waals surface area contributed by atoms with Crippen LogP contribution in [-0.2, 0) is 0 Å². The number of nitrogen functional groups attached to an aromatic ring is 1. The first kappa shape index (κ1) is 12.1. The minimum Gasteiger partial charge on any atom is -0.398 e. The minimum absolute atomic E-state index is 0.698. The molecule has 0 saturated carbocycles. The topological polar surface area (TPSA) is 56.7 Å². The molecular formula is C16H12N4S. The first-order valence-corrected chi connectivity index (χ1v) is 7.41. The smallest absolute Gasteiger partial charge is 0.0997 e. The van der Waals surface area contributed by atoms with Gasteiger partial charge in [-0.15, -0.1) is 11.3 Å². The Morgan fingerprint density at radius 1 is 1.05 bits per heavy atom. The van der Waals surface area contributed by atoms with Gasteiger partial charge in [0.1, 0.15) is 0 Å². The maximum absolute atomic E-state index is 6.05. The second-order valence-electron chi connectivity index (χ2n) is 4.75. The van der Waals surface area contributed by atoms with Crippen LogP contribution in [0.1, 0.15) is 0 Å². The fourth-order valence-electron chi connectivity index (χ4n) is 2.42. The number of fused-ring (bicyclic) bond motifs is 1. The van der Waals surface area contributed by atoms with Gasteiger partial charge in [-0.3, -0.25) is 9.55 Å². The van der Waals surface area contributed by atoms with E-state index in [2.05, 4.69) is 39.6 Å². The van der Waals surface area contributed by atoms with Crippen molar-refractivity contribution in [2.75, 3.05) is 5.73 Å². The first-order chi connectivity index (χ1) is 10.3. The molecule has 2 N–H and O–H groups in total. The zero-order chi connectivity index (χ0) is 14.2. The Morgan fingerprint density at radius 3 is 2.90 bits per heavy atom. The van der Waals surface area contributed by atoms with E-state index in [4.69, 9.17) is 5.73 Å². The van der Waals surface area contributed by atoms with E-state index in [9.17, 15) is 0 Å². The fraction of sp³-hybridized carbons (Fsp3) is 0. The van der Waals surface area contributed by atoms with Crippen molar-refractivity contribution in [1.82, 2.24) is 14.5 Å². The molecule has 0 spiro atoms. The summed E-state index contributed by atoms with van der Waals surface area (Å²) < 4.78 is 3.31. The van der Waals surface area contributed by atoms with E-state index in [1.165, 1.54) is 10.1 Å². The zero-order valence-corrected chi connectivity index (χ0v) is 11.9. The molecule has 4 rings (SSSR count). The Balaban J connectivity index is 1.90. The molecule has 21 heavy (non-hydrogen) atoms. The summed E-state index contributed by atoms with van der Waals surface area (Å²) >= 11 is 1.74. The maximum Gasteiger partial charge on any atom is 0.0997 e. The van der Waals surface area contributed by atoms with Crippen molar-refractivity contribution in [3.05, 3.63) is 60.6 Å². The molecule has 0 fully saturated rings. The van der Waals surface area contributed by atoms with Crippen LogP contribution in [0.25, 0.3) is 27.0 Å². The summed E-state index contributed by atoms with van der Waals surface area (Å²) in [5.41, 5.74) is 9.65. The number of nitrogens with two attached hydrogens (primary N) is 1. The standard InChI is InChI=1S/C16H12N4S/c17-14-3-5-18-8-13(14)15-9-19-10-20(15)12-1-2-16-11(7-12)4-6-21-16/h1-10H,(H2,17,18). The Kier molecular flexibility index (Phi) is 2.72. The van der Waals surface area contributed by atoms with Crippen LogP contribution < -0.4 is 5.73 Å². The molecule has 0 radical (unpaired) electrons. The number of aromatic nitrogens is 3. The lowest BCUT2D eigenvalue weighted by atomic mass is 10.1. The van der Waals surface area contributed by atoms with Gasteiger partial charge in [-0.05, 0) is 41.1 Å². The van der Waals surface area contributed by atoms with E-state index in [0.717, 1.165) is 16.9 Å². The zero-order valence-electron chi connectivity index (χ0n) is 11.1. The predicted octanol–water partition coefficient (Wildman–Crippen LogP) is 3.73. The molecule has 0 aliphatic rings. The van der Waals surface area contributed by atoms with Gasteiger partial charge in [0.15, 0.2) is 0 Å². The number of hydrogen-bond acceptors (Lipinski definition) is 4. The number of nitrogens with zero attached hydrogens (tertiary/aromatic N) is 3. The summed E-state index contributed by atoms with van der Waals surface area (Å²) in [4.78, 5) is 8.42. The molecule has 4 aromatic rings. The highest BCUT2D eigenvalue weighted by Gasteiger charge is 2.10. The van der Waals surface area contributed by atoms with E-state index in [1.54, 1.807) is 36.1 Å². The highest BCUT2D eigenvalue weighted by molar-refractivity contribution is 7.17. The van der Waals surface area contributed by atoms with Crippen molar-refractivity contribution in [2.45, 2.75) is 0 Å². The first-order valence-electron chi connectivity index (χ1n) is 6.53. The average Bonchev–Trinajstić information content (AvgIpc) is 3.15. The van der Waals surface area contributed by atoms with Crippen molar-refractivity contribution in [3.63, 3.8) is 0 Å². The lowest BCUT2D eigenvalue weighted by Crippen LogP contribution is -1.98. The van der Waals surface area contributed by atoms with Crippen LogP contribution in [0, 0.1) is 0 Å². The highest BCUT2D eigenvalue weighted by Crippen LogP contribution is 2.29. The third kappa shape index (κ3) is 1.98. The van der Waals surface area contributed by atoms with Crippen molar-refractivity contribution < 1.29 is 0 Å². The average molecular weight is 292 g/mol. The van der Waals surface area contributed by atoms with E-state index < -0.39 is 0 Å². The quantitative estimate of drug-likeness (QED) is 0.612. The van der Waals surface area contributed by atoms with Crippen LogP contribution in [0.5, 0.6) is 0 Å². The Morgan fingerprint density at radius 2 is 2.00 bits per heavy atom. The van der Waals surface area contributed by atoms with Gasteiger partial charge in [-0.1, -0.05) is 0 Å². The van der Waals surface area contributed by atoms with Gasteiger partial charge in [0.2, 0.25) is 0 Å². The number of thiophene rings is 1. The maximum atomic E-state index is 6.05. The molecule has 0 bridgehead atoms. The van der Waals surface area contributed by atoms with Crippen molar-refractivity contribution in [1.29, 1.82) is 0 Å².